The zero-order chi connectivity index (χ0) is 10.6. The summed E-state index contributed by atoms with van der Waals surface area (Å²) >= 11 is 0. The number of nitrogens with zero attached hydrogens (tertiary/aromatic N) is 1. The standard InChI is InChI=1S/C11H24N2O/c1-9-8-13(6-4-10(2)14)7-5-11(9)12-3/h9-12,14H,4-8H2,1-3H3. The van der Waals surface area contributed by atoms with Crippen LogP contribution in [0.2, 0.25) is 0 Å². The minimum atomic E-state index is -0.160. The number of hydrogen-bond donors (Lipinski definition) is 2. The monoisotopic (exact) mass is 200 g/mol. The second kappa shape index (κ2) is 5.69. The predicted octanol–water partition coefficient (Wildman–Crippen LogP) is 0.687. The van der Waals surface area contributed by atoms with Crippen molar-refractivity contribution < 1.29 is 5.11 Å². The van der Waals surface area contributed by atoms with Crippen molar-refractivity contribution in [3.8, 4) is 0 Å². The summed E-state index contributed by atoms with van der Waals surface area (Å²) in [6, 6.07) is 0.679. The van der Waals surface area contributed by atoms with Crippen molar-refractivity contribution in [2.75, 3.05) is 26.7 Å². The van der Waals surface area contributed by atoms with Crippen molar-refractivity contribution in [2.45, 2.75) is 38.8 Å². The Kier molecular flexibility index (Phi) is 4.85. The van der Waals surface area contributed by atoms with Crippen LogP contribution in [0.4, 0.5) is 0 Å². The van der Waals surface area contributed by atoms with Crippen LogP contribution in [0.25, 0.3) is 0 Å². The van der Waals surface area contributed by atoms with Gasteiger partial charge in [0.1, 0.15) is 0 Å². The summed E-state index contributed by atoms with van der Waals surface area (Å²) in [5, 5.41) is 12.6. The van der Waals surface area contributed by atoms with Crippen LogP contribution in [-0.2, 0) is 0 Å². The molecule has 1 aliphatic heterocycles. The minimum Gasteiger partial charge on any atom is -0.393 e. The second-order valence-corrected chi connectivity index (χ2v) is 4.60. The Balaban J connectivity index is 2.24. The van der Waals surface area contributed by atoms with Crippen LogP contribution in [0, 0.1) is 5.92 Å². The number of likely N-dealkylation sites (tertiary alicyclic amines) is 1. The summed E-state index contributed by atoms with van der Waals surface area (Å²) in [7, 11) is 2.05. The van der Waals surface area contributed by atoms with Crippen molar-refractivity contribution in [2.24, 2.45) is 5.92 Å². The van der Waals surface area contributed by atoms with E-state index in [0.717, 1.165) is 25.4 Å². The summed E-state index contributed by atoms with van der Waals surface area (Å²) < 4.78 is 0. The maximum Gasteiger partial charge on any atom is 0.0524 e. The molecule has 3 unspecified atom stereocenters. The van der Waals surface area contributed by atoms with Gasteiger partial charge in [0, 0.05) is 19.1 Å². The van der Waals surface area contributed by atoms with E-state index in [1.54, 1.807) is 0 Å². The van der Waals surface area contributed by atoms with Crippen molar-refractivity contribution in [3.63, 3.8) is 0 Å². The van der Waals surface area contributed by atoms with Gasteiger partial charge < -0.3 is 15.3 Å². The molecule has 3 atom stereocenters. The highest BCUT2D eigenvalue weighted by molar-refractivity contribution is 4.81. The molecule has 14 heavy (non-hydrogen) atoms. The van der Waals surface area contributed by atoms with Crippen LogP contribution in [0.15, 0.2) is 0 Å². The van der Waals surface area contributed by atoms with Gasteiger partial charge in [0.25, 0.3) is 0 Å². The van der Waals surface area contributed by atoms with Gasteiger partial charge in [0.05, 0.1) is 6.10 Å². The van der Waals surface area contributed by atoms with Crippen LogP contribution in [-0.4, -0.2) is 48.8 Å². The fourth-order valence-corrected chi connectivity index (χ4v) is 2.23. The number of aliphatic hydroxyl groups is 1. The molecule has 0 bridgehead atoms. The van der Waals surface area contributed by atoms with Crippen molar-refractivity contribution in [1.29, 1.82) is 0 Å². The number of hydrogen-bond acceptors (Lipinski definition) is 3. The molecule has 0 aromatic carbocycles. The van der Waals surface area contributed by atoms with Gasteiger partial charge in [0.15, 0.2) is 0 Å². The highest BCUT2D eigenvalue weighted by atomic mass is 16.3. The Labute approximate surface area is 87.5 Å². The lowest BCUT2D eigenvalue weighted by Crippen LogP contribution is -2.47. The molecule has 0 aromatic heterocycles. The zero-order valence-corrected chi connectivity index (χ0v) is 9.66. The normalized spacial score (nSPS) is 31.7. The van der Waals surface area contributed by atoms with Gasteiger partial charge >= 0.3 is 0 Å². The molecule has 3 nitrogen and oxygen atoms in total. The molecule has 84 valence electrons. The molecular weight excluding hydrogens is 176 g/mol. The smallest absolute Gasteiger partial charge is 0.0524 e. The quantitative estimate of drug-likeness (QED) is 0.701. The van der Waals surface area contributed by atoms with E-state index in [-0.39, 0.29) is 6.10 Å². The topological polar surface area (TPSA) is 35.5 Å². The third kappa shape index (κ3) is 3.56. The summed E-state index contributed by atoms with van der Waals surface area (Å²) in [5.74, 6) is 0.725. The third-order valence-electron chi connectivity index (χ3n) is 3.22. The van der Waals surface area contributed by atoms with E-state index in [1.165, 1.54) is 13.0 Å². The maximum atomic E-state index is 9.21. The molecular formula is C11H24N2O. The first-order valence-corrected chi connectivity index (χ1v) is 5.71. The van der Waals surface area contributed by atoms with Gasteiger partial charge in [-0.1, -0.05) is 6.92 Å². The fourth-order valence-electron chi connectivity index (χ4n) is 2.23. The summed E-state index contributed by atoms with van der Waals surface area (Å²) in [5.41, 5.74) is 0. The second-order valence-electron chi connectivity index (χ2n) is 4.60. The molecule has 1 rings (SSSR count). The number of rotatable bonds is 4. The van der Waals surface area contributed by atoms with Crippen molar-refractivity contribution in [3.05, 3.63) is 0 Å². The van der Waals surface area contributed by atoms with Gasteiger partial charge in [-0.25, -0.2) is 0 Å². The average Bonchev–Trinajstić information content (AvgIpc) is 2.15. The van der Waals surface area contributed by atoms with Gasteiger partial charge in [-0.3, -0.25) is 0 Å². The highest BCUT2D eigenvalue weighted by Crippen LogP contribution is 2.16. The Bertz CT molecular complexity index is 161. The van der Waals surface area contributed by atoms with E-state index in [4.69, 9.17) is 0 Å². The maximum absolute atomic E-state index is 9.21. The van der Waals surface area contributed by atoms with Crippen LogP contribution < -0.4 is 5.32 Å². The van der Waals surface area contributed by atoms with Crippen molar-refractivity contribution in [1.82, 2.24) is 10.2 Å². The summed E-state index contributed by atoms with van der Waals surface area (Å²) in [4.78, 5) is 2.46. The first kappa shape index (κ1) is 12.0. The Morgan fingerprint density at radius 3 is 2.79 bits per heavy atom. The van der Waals surface area contributed by atoms with Gasteiger partial charge in [0.2, 0.25) is 0 Å². The molecule has 1 heterocycles. The minimum absolute atomic E-state index is 0.160. The van der Waals surface area contributed by atoms with E-state index >= 15 is 0 Å². The van der Waals surface area contributed by atoms with Gasteiger partial charge in [-0.05, 0) is 39.3 Å². The van der Waals surface area contributed by atoms with Crippen molar-refractivity contribution >= 4 is 0 Å². The molecule has 0 radical (unpaired) electrons. The molecule has 0 amide bonds. The van der Waals surface area contributed by atoms with Crippen LogP contribution in [0.1, 0.15) is 26.7 Å². The molecule has 3 heteroatoms. The molecule has 0 spiro atoms. The molecule has 2 N–H and O–H groups in total. The van der Waals surface area contributed by atoms with Gasteiger partial charge in [-0.15, -0.1) is 0 Å². The van der Waals surface area contributed by atoms with Crippen LogP contribution in [0.3, 0.4) is 0 Å². The number of aliphatic hydroxyl groups excluding tert-OH is 1. The fraction of sp³-hybridized carbons (Fsp3) is 1.00. The lowest BCUT2D eigenvalue weighted by Gasteiger charge is -2.37. The molecule has 0 aliphatic carbocycles. The summed E-state index contributed by atoms with van der Waals surface area (Å²) in [6.45, 7) is 7.54. The number of nitrogens with one attached hydrogen (secondary N) is 1. The molecule has 1 saturated heterocycles. The molecule has 0 aromatic rings. The van der Waals surface area contributed by atoms with Crippen LogP contribution >= 0.6 is 0 Å². The lowest BCUT2D eigenvalue weighted by atomic mass is 9.94. The van der Waals surface area contributed by atoms with Crippen LogP contribution in [0.5, 0.6) is 0 Å². The highest BCUT2D eigenvalue weighted by Gasteiger charge is 2.24. The Hall–Kier alpha value is -0.120. The lowest BCUT2D eigenvalue weighted by molar-refractivity contribution is 0.117. The molecule has 1 fully saturated rings. The van der Waals surface area contributed by atoms with E-state index in [2.05, 4.69) is 17.1 Å². The van der Waals surface area contributed by atoms with E-state index < -0.39 is 0 Å². The predicted molar refractivity (Wildman–Crippen MR) is 59.4 cm³/mol. The Morgan fingerprint density at radius 2 is 2.29 bits per heavy atom. The molecule has 0 saturated carbocycles. The number of piperidine rings is 1. The van der Waals surface area contributed by atoms with E-state index in [0.29, 0.717) is 6.04 Å². The average molecular weight is 200 g/mol. The van der Waals surface area contributed by atoms with Gasteiger partial charge in [-0.2, -0.15) is 0 Å². The summed E-state index contributed by atoms with van der Waals surface area (Å²) in [6.07, 6.45) is 1.97. The first-order valence-electron chi connectivity index (χ1n) is 5.71. The SMILES string of the molecule is CNC1CCN(CCC(C)O)CC1C. The van der Waals surface area contributed by atoms with E-state index in [9.17, 15) is 5.11 Å². The Morgan fingerprint density at radius 1 is 1.57 bits per heavy atom. The first-order chi connectivity index (χ1) is 6.63. The largest absolute Gasteiger partial charge is 0.393 e. The third-order valence-corrected chi connectivity index (χ3v) is 3.22. The zero-order valence-electron chi connectivity index (χ0n) is 9.66. The van der Waals surface area contributed by atoms with E-state index in [1.807, 2.05) is 14.0 Å². The molecule has 1 aliphatic rings.